The maximum atomic E-state index is 12.3. The Labute approximate surface area is 367 Å². The number of furan rings is 1. The van der Waals surface area contributed by atoms with Gasteiger partial charge in [-0.1, -0.05) is 138 Å². The van der Waals surface area contributed by atoms with Gasteiger partial charge in [0.25, 0.3) is 0 Å². The molecule has 0 aliphatic rings. The number of phenols is 1. The van der Waals surface area contributed by atoms with Crippen LogP contribution in [0.15, 0.2) is 144 Å². The molecule has 0 aliphatic heterocycles. The molecule has 3 heterocycles. The van der Waals surface area contributed by atoms with Crippen LogP contribution < -0.4 is 0 Å². The van der Waals surface area contributed by atoms with Crippen molar-refractivity contribution in [3.63, 3.8) is 0 Å². The molecule has 3 aromatic heterocycles. The van der Waals surface area contributed by atoms with Gasteiger partial charge in [0, 0.05) is 55.0 Å². The molecule has 0 aliphatic carbocycles. The van der Waals surface area contributed by atoms with Crippen LogP contribution in [0.2, 0.25) is 0 Å². The average Bonchev–Trinajstić information content (AvgIpc) is 3.82. The number of phenolic OH excluding ortho intramolecular Hbond substituents is 1. The smallest absolute Gasteiger partial charge is 0.148 e. The van der Waals surface area contributed by atoms with E-state index in [4.69, 9.17) is 14.4 Å². The largest absolute Gasteiger partial charge is 0.507 e. The minimum Gasteiger partial charge on any atom is -0.507 e. The third kappa shape index (κ3) is 7.20. The molecule has 6 heteroatoms. The molecule has 9 aromatic rings. The number of hydrogen-bond donors (Lipinski definition) is 1. The molecule has 1 N–H and O–H groups in total. The minimum atomic E-state index is -0.315. The second-order valence-corrected chi connectivity index (χ2v) is 17.7. The molecular formula is C54H48N3O2Pt-. The molecule has 0 saturated carbocycles. The molecule has 5 nitrogen and oxygen atoms in total. The van der Waals surface area contributed by atoms with Crippen LogP contribution in [0.5, 0.6) is 5.75 Å². The standard InChI is InChI=1S/C54H48N3O2.Pt/c1-33-17-14-18-34(2)48(33)47-32-41-46(59-47)27-28-55-49(41)37-22-15-21-36(29-37)40-24-16-26-45-50(40)56-52(42-30-38(53(3,4)5)31-43(51(42)58)54(6,7)8)57(45)44-25-13-12-23-39(44)35-19-10-9-11-20-35;/h9-28,30-32,58H,1-8H3;/q-1;. The van der Waals surface area contributed by atoms with Crippen molar-refractivity contribution in [3.8, 4) is 67.7 Å². The van der Waals surface area contributed by atoms with Crippen molar-refractivity contribution in [1.82, 2.24) is 14.5 Å². The van der Waals surface area contributed by atoms with Gasteiger partial charge in [-0.05, 0) is 77.3 Å². The fourth-order valence-corrected chi connectivity index (χ4v) is 8.35. The van der Waals surface area contributed by atoms with Gasteiger partial charge in [0.2, 0.25) is 0 Å². The van der Waals surface area contributed by atoms with E-state index in [-0.39, 0.29) is 37.6 Å². The fraction of sp³-hybridized carbons (Fsp3) is 0.185. The van der Waals surface area contributed by atoms with Crippen molar-refractivity contribution in [2.75, 3.05) is 0 Å². The Morgan fingerprint density at radius 3 is 2.05 bits per heavy atom. The van der Waals surface area contributed by atoms with Gasteiger partial charge in [-0.15, -0.1) is 29.8 Å². The van der Waals surface area contributed by atoms with E-state index < -0.39 is 0 Å². The normalized spacial score (nSPS) is 11.9. The van der Waals surface area contributed by atoms with E-state index in [2.05, 4.69) is 187 Å². The van der Waals surface area contributed by atoms with Crippen LogP contribution in [0.1, 0.15) is 63.8 Å². The summed E-state index contributed by atoms with van der Waals surface area (Å²) in [5.74, 6) is 1.74. The molecule has 0 saturated heterocycles. The van der Waals surface area contributed by atoms with E-state index in [9.17, 15) is 5.11 Å². The summed E-state index contributed by atoms with van der Waals surface area (Å²) in [6, 6.07) is 49.8. The Morgan fingerprint density at radius 2 is 1.32 bits per heavy atom. The summed E-state index contributed by atoms with van der Waals surface area (Å²) in [6.45, 7) is 17.3. The molecule has 6 aromatic carbocycles. The van der Waals surface area contributed by atoms with Crippen LogP contribution in [0.4, 0.5) is 0 Å². The van der Waals surface area contributed by atoms with E-state index in [0.717, 1.165) is 83.7 Å². The number of rotatable bonds is 6. The van der Waals surface area contributed by atoms with Gasteiger partial charge < -0.3 is 9.52 Å². The molecule has 0 bridgehead atoms. The van der Waals surface area contributed by atoms with E-state index in [1.807, 2.05) is 12.1 Å². The maximum Gasteiger partial charge on any atom is 0.148 e. The summed E-state index contributed by atoms with van der Waals surface area (Å²) in [6.07, 6.45) is 1.80. The minimum absolute atomic E-state index is 0. The Balaban J connectivity index is 0.00000499. The van der Waals surface area contributed by atoms with Crippen LogP contribution in [-0.4, -0.2) is 19.6 Å². The molecule has 9 rings (SSSR count). The van der Waals surface area contributed by atoms with Crippen molar-refractivity contribution in [2.45, 2.75) is 66.2 Å². The quantitative estimate of drug-likeness (QED) is 0.169. The molecule has 0 radical (unpaired) electrons. The summed E-state index contributed by atoms with van der Waals surface area (Å²) in [4.78, 5) is 10.4. The number of nitrogens with zero attached hydrogens (tertiary/aromatic N) is 3. The zero-order valence-corrected chi connectivity index (χ0v) is 37.6. The Kier molecular flexibility index (Phi) is 10.5. The van der Waals surface area contributed by atoms with Gasteiger partial charge in [-0.25, -0.2) is 4.98 Å². The second kappa shape index (κ2) is 15.5. The number of benzene rings is 6. The van der Waals surface area contributed by atoms with Crippen molar-refractivity contribution in [2.24, 2.45) is 0 Å². The van der Waals surface area contributed by atoms with Crippen LogP contribution in [-0.2, 0) is 31.9 Å². The van der Waals surface area contributed by atoms with Crippen molar-refractivity contribution >= 4 is 22.0 Å². The van der Waals surface area contributed by atoms with E-state index in [1.54, 1.807) is 6.20 Å². The van der Waals surface area contributed by atoms with Gasteiger partial charge in [0.15, 0.2) is 0 Å². The average molecular weight is 966 g/mol. The predicted molar refractivity (Wildman–Crippen MR) is 243 cm³/mol. The summed E-state index contributed by atoms with van der Waals surface area (Å²) in [5.41, 5.74) is 14.8. The summed E-state index contributed by atoms with van der Waals surface area (Å²) >= 11 is 0. The molecule has 302 valence electrons. The van der Waals surface area contributed by atoms with Crippen molar-refractivity contribution in [3.05, 3.63) is 168 Å². The van der Waals surface area contributed by atoms with Gasteiger partial charge >= 0.3 is 0 Å². The number of para-hydroxylation sites is 2. The number of fused-ring (bicyclic) bond motifs is 2. The van der Waals surface area contributed by atoms with Crippen molar-refractivity contribution in [1.29, 1.82) is 0 Å². The molecule has 60 heavy (non-hydrogen) atoms. The zero-order valence-electron chi connectivity index (χ0n) is 35.3. The maximum absolute atomic E-state index is 12.3. The third-order valence-corrected chi connectivity index (χ3v) is 11.5. The number of aryl methyl sites for hydroxylation is 2. The number of hydrogen-bond acceptors (Lipinski definition) is 4. The van der Waals surface area contributed by atoms with Crippen LogP contribution in [0.25, 0.3) is 83.9 Å². The van der Waals surface area contributed by atoms with Crippen LogP contribution >= 0.6 is 0 Å². The topological polar surface area (TPSA) is 64.1 Å². The summed E-state index contributed by atoms with van der Waals surface area (Å²) in [5, 5.41) is 13.3. The molecule has 0 amide bonds. The molecule has 0 fully saturated rings. The molecule has 0 atom stereocenters. The molecule has 0 spiro atoms. The van der Waals surface area contributed by atoms with E-state index in [0.29, 0.717) is 11.4 Å². The fourth-order valence-electron chi connectivity index (χ4n) is 8.35. The number of aromatic hydroxyl groups is 1. The summed E-state index contributed by atoms with van der Waals surface area (Å²) < 4.78 is 8.70. The Bertz CT molecular complexity index is 3030. The first-order chi connectivity index (χ1) is 28.3. The first kappa shape index (κ1) is 40.7. The van der Waals surface area contributed by atoms with E-state index >= 15 is 0 Å². The number of aromatic nitrogens is 3. The van der Waals surface area contributed by atoms with Crippen LogP contribution in [0, 0.1) is 19.9 Å². The number of imidazole rings is 1. The molecule has 0 unspecified atom stereocenters. The second-order valence-electron chi connectivity index (χ2n) is 17.7. The van der Waals surface area contributed by atoms with Crippen molar-refractivity contribution < 1.29 is 30.6 Å². The van der Waals surface area contributed by atoms with Gasteiger partial charge in [0.05, 0.1) is 22.3 Å². The third-order valence-electron chi connectivity index (χ3n) is 11.5. The van der Waals surface area contributed by atoms with Gasteiger partial charge in [-0.3, -0.25) is 9.55 Å². The van der Waals surface area contributed by atoms with Crippen LogP contribution in [0.3, 0.4) is 0 Å². The Hall–Kier alpha value is -6.03. The van der Waals surface area contributed by atoms with E-state index in [1.165, 1.54) is 11.1 Å². The first-order valence-electron chi connectivity index (χ1n) is 20.3. The summed E-state index contributed by atoms with van der Waals surface area (Å²) in [7, 11) is 0. The SMILES string of the molecule is Cc1cccc(C)c1-c1cc2c(-c3[c-]c(-c4cccc5c4nc(-c4cc(C(C)(C)C)cc(C(C)(C)C)c4O)n5-c4ccccc4-c4ccccc4)ccc3)nccc2o1.[Pt]. The number of pyridine rings is 1. The molecular weight excluding hydrogens is 918 g/mol. The Morgan fingerprint density at radius 1 is 0.650 bits per heavy atom. The van der Waals surface area contributed by atoms with Gasteiger partial charge in [0.1, 0.15) is 22.9 Å². The predicted octanol–water partition coefficient (Wildman–Crippen LogP) is 14.2. The first-order valence-corrected chi connectivity index (χ1v) is 20.3. The monoisotopic (exact) mass is 965 g/mol. The van der Waals surface area contributed by atoms with Gasteiger partial charge in [-0.2, -0.15) is 0 Å². The zero-order chi connectivity index (χ0) is 41.2.